The van der Waals surface area contributed by atoms with Crippen molar-refractivity contribution in [3.05, 3.63) is 94.2 Å². The molecular weight excluding hydrogens is 536 g/mol. The number of nitrogens with zero attached hydrogens (tertiary/aromatic N) is 2. The lowest BCUT2D eigenvalue weighted by atomic mass is 10.0. The van der Waals surface area contributed by atoms with Gasteiger partial charge in [-0.15, -0.1) is 11.3 Å². The summed E-state index contributed by atoms with van der Waals surface area (Å²) in [6.07, 6.45) is 2.41. The van der Waals surface area contributed by atoms with E-state index in [1.807, 2.05) is 83.1 Å². The van der Waals surface area contributed by atoms with Crippen LogP contribution >= 0.6 is 11.3 Å². The Hall–Kier alpha value is -3.88. The number of carbonyl (C=O) groups is 2. The number of methoxy groups -OCH3 is 2. The molecule has 0 saturated carbocycles. The molecule has 0 spiro atoms. The third-order valence-electron chi connectivity index (χ3n) is 7.48. The fourth-order valence-corrected chi connectivity index (χ4v) is 6.00. The van der Waals surface area contributed by atoms with Gasteiger partial charge in [0.25, 0.3) is 5.91 Å². The Morgan fingerprint density at radius 2 is 1.78 bits per heavy atom. The van der Waals surface area contributed by atoms with Crippen LogP contribution in [0.4, 0.5) is 0 Å². The lowest BCUT2D eigenvalue weighted by Crippen LogP contribution is -2.46. The normalized spacial score (nSPS) is 14.6. The quantitative estimate of drug-likeness (QED) is 0.214. The molecule has 4 aromatic rings. The van der Waals surface area contributed by atoms with E-state index in [4.69, 9.17) is 14.2 Å². The van der Waals surface area contributed by atoms with Gasteiger partial charge >= 0.3 is 0 Å². The fraction of sp³-hybridized carbons (Fsp3) is 0.333. The monoisotopic (exact) mass is 572 g/mol. The Labute approximate surface area is 245 Å². The van der Waals surface area contributed by atoms with E-state index < -0.39 is 0 Å². The van der Waals surface area contributed by atoms with Crippen LogP contribution < -0.4 is 9.47 Å². The van der Waals surface area contributed by atoms with Gasteiger partial charge in [0.15, 0.2) is 11.5 Å². The second-order valence-corrected chi connectivity index (χ2v) is 11.2. The maximum Gasteiger partial charge on any atom is 0.255 e. The first-order valence-electron chi connectivity index (χ1n) is 14.0. The third kappa shape index (κ3) is 7.07. The molecule has 41 heavy (non-hydrogen) atoms. The van der Waals surface area contributed by atoms with E-state index in [9.17, 15) is 9.59 Å². The van der Waals surface area contributed by atoms with Crippen molar-refractivity contribution in [2.24, 2.45) is 0 Å². The van der Waals surface area contributed by atoms with Crippen molar-refractivity contribution >= 4 is 33.9 Å². The average Bonchev–Trinajstić information content (AvgIpc) is 3.72. The van der Waals surface area contributed by atoms with Crippen LogP contribution in [0.1, 0.15) is 33.6 Å². The Balaban J connectivity index is 1.38. The average molecular weight is 573 g/mol. The number of fused-ring (bicyclic) bond motifs is 1. The Bertz CT molecular complexity index is 1460. The van der Waals surface area contributed by atoms with E-state index in [0.29, 0.717) is 49.7 Å². The molecule has 7 nitrogen and oxygen atoms in total. The number of benzene rings is 3. The van der Waals surface area contributed by atoms with E-state index in [1.54, 1.807) is 30.5 Å². The molecule has 0 radical (unpaired) electrons. The Kier molecular flexibility index (Phi) is 9.54. The first kappa shape index (κ1) is 28.6. The summed E-state index contributed by atoms with van der Waals surface area (Å²) in [6.45, 7) is 2.04. The van der Waals surface area contributed by atoms with E-state index in [1.165, 1.54) is 0 Å². The van der Waals surface area contributed by atoms with Gasteiger partial charge in [0.2, 0.25) is 5.91 Å². The van der Waals surface area contributed by atoms with Crippen LogP contribution in [0.3, 0.4) is 0 Å². The largest absolute Gasteiger partial charge is 0.493 e. The molecule has 2 amide bonds. The van der Waals surface area contributed by atoms with Crippen molar-refractivity contribution in [3.8, 4) is 11.5 Å². The van der Waals surface area contributed by atoms with Gasteiger partial charge in [-0.2, -0.15) is 0 Å². The van der Waals surface area contributed by atoms with Crippen molar-refractivity contribution in [2.45, 2.75) is 31.9 Å². The smallest absolute Gasteiger partial charge is 0.255 e. The van der Waals surface area contributed by atoms with Crippen molar-refractivity contribution in [3.63, 3.8) is 0 Å². The summed E-state index contributed by atoms with van der Waals surface area (Å²) >= 11 is 1.62. The van der Waals surface area contributed by atoms with Crippen LogP contribution in [-0.4, -0.2) is 68.2 Å². The molecule has 0 bridgehead atoms. The molecule has 0 aliphatic carbocycles. The molecule has 1 unspecified atom stereocenters. The lowest BCUT2D eigenvalue weighted by Gasteiger charge is -2.29. The van der Waals surface area contributed by atoms with E-state index in [2.05, 4.69) is 0 Å². The van der Waals surface area contributed by atoms with Gasteiger partial charge in [0, 0.05) is 30.1 Å². The third-order valence-corrected chi connectivity index (χ3v) is 8.34. The predicted octanol–water partition coefficient (Wildman–Crippen LogP) is 5.81. The minimum Gasteiger partial charge on any atom is -0.493 e. The number of rotatable bonds is 12. The summed E-state index contributed by atoms with van der Waals surface area (Å²) < 4.78 is 16.7. The van der Waals surface area contributed by atoms with E-state index >= 15 is 0 Å². The van der Waals surface area contributed by atoms with Crippen LogP contribution in [0.5, 0.6) is 11.5 Å². The highest BCUT2D eigenvalue weighted by Crippen LogP contribution is 2.28. The van der Waals surface area contributed by atoms with Gasteiger partial charge in [-0.25, -0.2) is 0 Å². The molecule has 0 N–H and O–H groups in total. The number of thiophene rings is 1. The zero-order chi connectivity index (χ0) is 28.6. The summed E-state index contributed by atoms with van der Waals surface area (Å²) in [5.74, 6) is 1.08. The van der Waals surface area contributed by atoms with Gasteiger partial charge in [-0.3, -0.25) is 9.59 Å². The maximum atomic E-state index is 14.0. The summed E-state index contributed by atoms with van der Waals surface area (Å²) in [6, 6.07) is 23.4. The Morgan fingerprint density at radius 1 is 0.951 bits per heavy atom. The molecule has 214 valence electrons. The summed E-state index contributed by atoms with van der Waals surface area (Å²) in [5, 5.41) is 3.89. The number of hydrogen-bond acceptors (Lipinski definition) is 6. The van der Waals surface area contributed by atoms with Crippen LogP contribution in [-0.2, 0) is 22.5 Å². The molecule has 2 heterocycles. The highest BCUT2D eigenvalue weighted by molar-refractivity contribution is 7.09. The molecule has 1 aliphatic rings. The number of amides is 2. The first-order valence-corrected chi connectivity index (χ1v) is 14.8. The fourth-order valence-electron chi connectivity index (χ4n) is 5.28. The molecule has 1 atom stereocenters. The molecule has 1 aromatic heterocycles. The lowest BCUT2D eigenvalue weighted by molar-refractivity contribution is -0.132. The zero-order valence-electron chi connectivity index (χ0n) is 23.6. The molecule has 1 saturated heterocycles. The first-order chi connectivity index (χ1) is 20.1. The molecule has 3 aromatic carbocycles. The van der Waals surface area contributed by atoms with Crippen LogP contribution in [0.25, 0.3) is 10.8 Å². The van der Waals surface area contributed by atoms with Gasteiger partial charge in [-0.1, -0.05) is 48.5 Å². The SMILES string of the molecule is COc1ccc(CCN(Cc2cccs2)C(=O)CN(CC2CCCO2)C(=O)c2cccc3ccccc23)cc1OC. The molecule has 5 rings (SSSR count). The van der Waals surface area contributed by atoms with Gasteiger partial charge in [0.05, 0.1) is 26.9 Å². The standard InChI is InChI=1S/C33H36N2O5S/c1-38-30-15-14-24(20-31(30)39-2)16-17-34(22-27-11-7-19-41-27)32(36)23-35(21-26-10-6-18-40-26)33(37)29-13-5-9-25-8-3-4-12-28(25)29/h3-5,7-9,11-15,19-20,26H,6,10,16-18,21-23H2,1-2H3. The number of hydrogen-bond donors (Lipinski definition) is 0. The Morgan fingerprint density at radius 3 is 2.54 bits per heavy atom. The maximum absolute atomic E-state index is 14.0. The van der Waals surface area contributed by atoms with Crippen molar-refractivity contribution in [2.75, 3.05) is 40.5 Å². The summed E-state index contributed by atoms with van der Waals surface area (Å²) in [7, 11) is 3.23. The van der Waals surface area contributed by atoms with Crippen molar-refractivity contribution in [1.82, 2.24) is 9.80 Å². The molecule has 1 fully saturated rings. The summed E-state index contributed by atoms with van der Waals surface area (Å²) in [4.78, 5) is 32.6. The van der Waals surface area contributed by atoms with Gasteiger partial charge in [0.1, 0.15) is 6.54 Å². The second-order valence-electron chi connectivity index (χ2n) is 10.2. The van der Waals surface area contributed by atoms with E-state index in [0.717, 1.165) is 34.1 Å². The molecule has 8 heteroatoms. The van der Waals surface area contributed by atoms with Crippen molar-refractivity contribution < 1.29 is 23.8 Å². The summed E-state index contributed by atoms with van der Waals surface area (Å²) in [5.41, 5.74) is 1.64. The topological polar surface area (TPSA) is 68.3 Å². The minimum absolute atomic E-state index is 0.0147. The number of carbonyl (C=O) groups excluding carboxylic acids is 2. The molecule has 1 aliphatic heterocycles. The highest BCUT2D eigenvalue weighted by Gasteiger charge is 2.28. The van der Waals surface area contributed by atoms with Gasteiger partial charge in [-0.05, 0) is 65.2 Å². The van der Waals surface area contributed by atoms with Crippen LogP contribution in [0, 0.1) is 0 Å². The predicted molar refractivity (Wildman–Crippen MR) is 162 cm³/mol. The highest BCUT2D eigenvalue weighted by atomic mass is 32.1. The molecular formula is C33H36N2O5S. The van der Waals surface area contributed by atoms with Crippen molar-refractivity contribution in [1.29, 1.82) is 0 Å². The van der Waals surface area contributed by atoms with Crippen LogP contribution in [0.2, 0.25) is 0 Å². The van der Waals surface area contributed by atoms with Gasteiger partial charge < -0.3 is 24.0 Å². The minimum atomic E-state index is -0.151. The zero-order valence-corrected chi connectivity index (χ0v) is 24.4. The number of ether oxygens (including phenoxy) is 3. The van der Waals surface area contributed by atoms with E-state index in [-0.39, 0.29) is 24.5 Å². The second kappa shape index (κ2) is 13.7. The van der Waals surface area contributed by atoms with Crippen LogP contribution in [0.15, 0.2) is 78.2 Å².